The molecule has 1 aliphatic rings. The van der Waals surface area contributed by atoms with E-state index in [4.69, 9.17) is 0 Å². The lowest BCUT2D eigenvalue weighted by atomic mass is 9.94. The number of carbonyl (C=O) groups excluding carboxylic acids is 1. The number of esters is 1. The van der Waals surface area contributed by atoms with E-state index >= 15 is 0 Å². The molecule has 0 aromatic heterocycles. The number of benzene rings is 1. The third-order valence-corrected chi connectivity index (χ3v) is 3.17. The first kappa shape index (κ1) is 13.9. The number of alkyl halides is 3. The van der Waals surface area contributed by atoms with Gasteiger partial charge in [0.25, 0.3) is 0 Å². The summed E-state index contributed by atoms with van der Waals surface area (Å²) in [6.45, 7) is 1.41. The molecule has 0 aliphatic carbocycles. The number of ether oxygens (including phenoxy) is 1. The van der Waals surface area contributed by atoms with Crippen LogP contribution in [0, 0.1) is 0 Å². The Labute approximate surface area is 108 Å². The van der Waals surface area contributed by atoms with Crippen molar-refractivity contribution in [2.45, 2.75) is 37.7 Å². The van der Waals surface area contributed by atoms with Crippen LogP contribution in [0.25, 0.3) is 0 Å². The maximum atomic E-state index is 13.2. The number of halogens is 3. The summed E-state index contributed by atoms with van der Waals surface area (Å²) in [4.78, 5) is 11.6. The summed E-state index contributed by atoms with van der Waals surface area (Å²) < 4.78 is 44.2. The molecule has 3 nitrogen and oxygen atoms in total. The minimum atomic E-state index is -4.68. The van der Waals surface area contributed by atoms with Gasteiger partial charge in [0.05, 0.1) is 0 Å². The Balaban J connectivity index is 2.19. The third-order valence-electron chi connectivity index (χ3n) is 3.17. The molecule has 0 bridgehead atoms. The van der Waals surface area contributed by atoms with Crippen molar-refractivity contribution in [3.05, 3.63) is 35.9 Å². The average molecular weight is 273 g/mol. The highest BCUT2D eigenvalue weighted by Crippen LogP contribution is 2.40. The fourth-order valence-corrected chi connectivity index (χ4v) is 2.16. The highest BCUT2D eigenvalue weighted by molar-refractivity contribution is 5.84. The summed E-state index contributed by atoms with van der Waals surface area (Å²) >= 11 is 0. The molecule has 0 saturated carbocycles. The highest BCUT2D eigenvalue weighted by atomic mass is 19.4. The smallest absolute Gasteiger partial charge is 0.417 e. The zero-order valence-electron chi connectivity index (χ0n) is 10.3. The van der Waals surface area contributed by atoms with E-state index in [9.17, 15) is 18.0 Å². The predicted molar refractivity (Wildman–Crippen MR) is 62.2 cm³/mol. The summed E-state index contributed by atoms with van der Waals surface area (Å²) in [7, 11) is 0. The molecule has 1 heterocycles. The van der Waals surface area contributed by atoms with Crippen molar-refractivity contribution in [2.75, 3.05) is 0 Å². The Hall–Kier alpha value is -1.56. The summed E-state index contributed by atoms with van der Waals surface area (Å²) in [5.41, 5.74) is -1.92. The van der Waals surface area contributed by atoms with Gasteiger partial charge in [-0.05, 0) is 12.5 Å². The number of hydrogen-bond donors (Lipinski definition) is 1. The maximum absolute atomic E-state index is 13.2. The van der Waals surface area contributed by atoms with Crippen molar-refractivity contribution in [3.63, 3.8) is 0 Å². The van der Waals surface area contributed by atoms with Gasteiger partial charge in [0.1, 0.15) is 6.10 Å². The van der Waals surface area contributed by atoms with Crippen LogP contribution in [0.5, 0.6) is 0 Å². The molecule has 1 N–H and O–H groups in total. The Morgan fingerprint density at radius 2 is 2.00 bits per heavy atom. The van der Waals surface area contributed by atoms with Crippen LogP contribution < -0.4 is 5.32 Å². The van der Waals surface area contributed by atoms with Crippen molar-refractivity contribution < 1.29 is 22.7 Å². The summed E-state index contributed by atoms with van der Waals surface area (Å²) in [5, 5.41) is 2.33. The number of carbonyl (C=O) groups is 1. The van der Waals surface area contributed by atoms with E-state index in [-0.39, 0.29) is 6.54 Å². The SMILES string of the molecule is C[C@H]1C[C@](NCc2ccccc2)(C(F)(F)F)C(=O)O1. The van der Waals surface area contributed by atoms with Crippen molar-refractivity contribution >= 4 is 5.97 Å². The largest absolute Gasteiger partial charge is 0.461 e. The second-order valence-electron chi connectivity index (χ2n) is 4.66. The van der Waals surface area contributed by atoms with Gasteiger partial charge in [-0.2, -0.15) is 13.2 Å². The van der Waals surface area contributed by atoms with Crippen molar-refractivity contribution in [2.24, 2.45) is 0 Å². The van der Waals surface area contributed by atoms with E-state index in [1.54, 1.807) is 30.3 Å². The monoisotopic (exact) mass is 273 g/mol. The van der Waals surface area contributed by atoms with Crippen LogP contribution in [-0.4, -0.2) is 23.8 Å². The van der Waals surface area contributed by atoms with Crippen LogP contribution in [0.4, 0.5) is 13.2 Å². The molecule has 0 unspecified atom stereocenters. The van der Waals surface area contributed by atoms with Gasteiger partial charge in [-0.15, -0.1) is 0 Å². The molecule has 0 spiro atoms. The van der Waals surface area contributed by atoms with Gasteiger partial charge < -0.3 is 4.74 Å². The molecular formula is C13H14F3NO2. The molecule has 2 rings (SSSR count). The van der Waals surface area contributed by atoms with Gasteiger partial charge in [0.2, 0.25) is 5.54 Å². The van der Waals surface area contributed by atoms with Gasteiger partial charge in [0.15, 0.2) is 0 Å². The van der Waals surface area contributed by atoms with Crippen molar-refractivity contribution in [1.82, 2.24) is 5.32 Å². The van der Waals surface area contributed by atoms with E-state index in [0.717, 1.165) is 0 Å². The first-order valence-electron chi connectivity index (χ1n) is 5.92. The Morgan fingerprint density at radius 1 is 1.37 bits per heavy atom. The predicted octanol–water partition coefficient (Wildman–Crippen LogP) is 2.41. The van der Waals surface area contributed by atoms with Crippen LogP contribution in [0.1, 0.15) is 18.9 Å². The van der Waals surface area contributed by atoms with Gasteiger partial charge in [-0.25, -0.2) is 4.79 Å². The summed E-state index contributed by atoms with van der Waals surface area (Å²) in [6, 6.07) is 8.62. The number of hydrogen-bond acceptors (Lipinski definition) is 3. The number of rotatable bonds is 3. The van der Waals surface area contributed by atoms with E-state index in [0.29, 0.717) is 5.56 Å². The third kappa shape index (κ3) is 2.58. The highest BCUT2D eigenvalue weighted by Gasteiger charge is 2.65. The van der Waals surface area contributed by atoms with E-state index in [1.807, 2.05) is 0 Å². The topological polar surface area (TPSA) is 38.3 Å². The van der Waals surface area contributed by atoms with Gasteiger partial charge in [-0.1, -0.05) is 30.3 Å². The maximum Gasteiger partial charge on any atom is 0.417 e. The molecule has 1 aromatic rings. The Bertz CT molecular complexity index is 461. The summed E-state index contributed by atoms with van der Waals surface area (Å²) in [5.74, 6) is -1.25. The molecular weight excluding hydrogens is 259 g/mol. The lowest BCUT2D eigenvalue weighted by Crippen LogP contribution is -2.59. The van der Waals surface area contributed by atoms with E-state index in [1.165, 1.54) is 6.92 Å². The second-order valence-corrected chi connectivity index (χ2v) is 4.66. The van der Waals surface area contributed by atoms with Crippen LogP contribution in [0.2, 0.25) is 0 Å². The van der Waals surface area contributed by atoms with Crippen LogP contribution in [0.15, 0.2) is 30.3 Å². The van der Waals surface area contributed by atoms with Crippen molar-refractivity contribution in [1.29, 1.82) is 0 Å². The Morgan fingerprint density at radius 3 is 2.47 bits per heavy atom. The van der Waals surface area contributed by atoms with E-state index < -0.39 is 30.2 Å². The normalized spacial score (nSPS) is 27.4. The van der Waals surface area contributed by atoms with Crippen LogP contribution >= 0.6 is 0 Å². The number of cyclic esters (lactones) is 1. The molecule has 0 amide bonds. The van der Waals surface area contributed by atoms with Gasteiger partial charge in [-0.3, -0.25) is 5.32 Å². The minimum Gasteiger partial charge on any atom is -0.461 e. The zero-order valence-corrected chi connectivity index (χ0v) is 10.3. The van der Waals surface area contributed by atoms with Crippen LogP contribution in [0.3, 0.4) is 0 Å². The summed E-state index contributed by atoms with van der Waals surface area (Å²) in [6.07, 6.45) is -5.82. The van der Waals surface area contributed by atoms with Gasteiger partial charge in [0, 0.05) is 13.0 Å². The first-order chi connectivity index (χ1) is 8.85. The Kier molecular flexibility index (Phi) is 3.54. The first-order valence-corrected chi connectivity index (χ1v) is 5.92. The molecule has 6 heteroatoms. The molecule has 2 atom stereocenters. The van der Waals surface area contributed by atoms with Crippen molar-refractivity contribution in [3.8, 4) is 0 Å². The fourth-order valence-electron chi connectivity index (χ4n) is 2.16. The standard InChI is InChI=1S/C13H14F3NO2/c1-9-7-12(11(18)19-9,13(14,15)16)17-8-10-5-3-2-4-6-10/h2-6,9,17H,7-8H2,1H3/t9-,12+/m0/s1. The average Bonchev–Trinajstić information content (AvgIpc) is 2.63. The lowest BCUT2D eigenvalue weighted by Gasteiger charge is -2.28. The number of nitrogens with one attached hydrogen (secondary N) is 1. The fraction of sp³-hybridized carbons (Fsp3) is 0.462. The molecule has 19 heavy (non-hydrogen) atoms. The lowest BCUT2D eigenvalue weighted by molar-refractivity contribution is -0.201. The molecule has 1 aliphatic heterocycles. The molecule has 1 aromatic carbocycles. The molecule has 1 saturated heterocycles. The molecule has 104 valence electrons. The van der Waals surface area contributed by atoms with Gasteiger partial charge >= 0.3 is 12.1 Å². The second kappa shape index (κ2) is 4.85. The molecule has 1 fully saturated rings. The van der Waals surface area contributed by atoms with E-state index in [2.05, 4.69) is 10.1 Å². The van der Waals surface area contributed by atoms with Crippen LogP contribution in [-0.2, 0) is 16.1 Å². The minimum absolute atomic E-state index is 0.0395. The zero-order chi connectivity index (χ0) is 14.1. The molecule has 0 radical (unpaired) electrons. The quantitative estimate of drug-likeness (QED) is 0.859.